The molecule has 0 spiro atoms. The summed E-state index contributed by atoms with van der Waals surface area (Å²) in [4.78, 5) is 10.3. The molecule has 1 aromatic rings. The van der Waals surface area contributed by atoms with E-state index >= 15 is 0 Å². The molecule has 1 saturated heterocycles. The molecule has 2 unspecified atom stereocenters. The van der Waals surface area contributed by atoms with E-state index in [4.69, 9.17) is 5.73 Å². The maximum atomic E-state index is 9.87. The highest BCUT2D eigenvalue weighted by Crippen LogP contribution is 2.23. The van der Waals surface area contributed by atoms with Crippen molar-refractivity contribution in [3.05, 3.63) is 6.07 Å². The summed E-state index contributed by atoms with van der Waals surface area (Å²) in [6.07, 6.45) is 0.651. The topological polar surface area (TPSA) is 87.3 Å². The summed E-state index contributed by atoms with van der Waals surface area (Å²) in [5, 5.41) is 12.8. The van der Waals surface area contributed by atoms with Crippen molar-refractivity contribution in [2.75, 3.05) is 36.1 Å². The first-order valence-electron chi connectivity index (χ1n) is 5.85. The van der Waals surface area contributed by atoms with Gasteiger partial charge in [-0.05, 0) is 12.3 Å². The standard InChI is InChI=1S/C11H19N5O/c1-7-3-4-16(6-8(7)17)10-5-9(13-2)14-11(12)15-10/h5,7-8,17H,3-4,6H2,1-2H3,(H3,12,13,14,15). The molecule has 1 aromatic heterocycles. The van der Waals surface area contributed by atoms with Crippen LogP contribution in [-0.2, 0) is 0 Å². The van der Waals surface area contributed by atoms with Crippen molar-refractivity contribution in [3.8, 4) is 0 Å². The van der Waals surface area contributed by atoms with Crippen molar-refractivity contribution >= 4 is 17.6 Å². The lowest BCUT2D eigenvalue weighted by Gasteiger charge is -2.35. The van der Waals surface area contributed by atoms with Crippen LogP contribution in [0, 0.1) is 5.92 Å². The summed E-state index contributed by atoms with van der Waals surface area (Å²) >= 11 is 0. The third-order valence-corrected chi connectivity index (χ3v) is 3.23. The second kappa shape index (κ2) is 4.75. The van der Waals surface area contributed by atoms with Crippen LogP contribution in [0.1, 0.15) is 13.3 Å². The van der Waals surface area contributed by atoms with E-state index in [2.05, 4.69) is 22.2 Å². The molecule has 1 fully saturated rings. The van der Waals surface area contributed by atoms with E-state index < -0.39 is 0 Å². The van der Waals surface area contributed by atoms with Gasteiger partial charge in [-0.1, -0.05) is 6.92 Å². The normalized spacial score (nSPS) is 24.8. The van der Waals surface area contributed by atoms with Crippen molar-refractivity contribution in [1.82, 2.24) is 9.97 Å². The van der Waals surface area contributed by atoms with Crippen molar-refractivity contribution in [1.29, 1.82) is 0 Å². The number of nitrogens with zero attached hydrogens (tertiary/aromatic N) is 3. The van der Waals surface area contributed by atoms with Gasteiger partial charge in [-0.2, -0.15) is 9.97 Å². The monoisotopic (exact) mass is 237 g/mol. The fourth-order valence-electron chi connectivity index (χ4n) is 2.00. The first-order valence-corrected chi connectivity index (χ1v) is 5.85. The van der Waals surface area contributed by atoms with Crippen LogP contribution < -0.4 is 16.0 Å². The van der Waals surface area contributed by atoms with Gasteiger partial charge in [0, 0.05) is 26.2 Å². The Kier molecular flexibility index (Phi) is 3.33. The number of β-amino-alcohol motifs (C(OH)–C–C–N with tert-alkyl or cyclic N) is 1. The van der Waals surface area contributed by atoms with Crippen LogP contribution in [0.2, 0.25) is 0 Å². The summed E-state index contributed by atoms with van der Waals surface area (Å²) in [6, 6.07) is 1.85. The molecule has 2 atom stereocenters. The predicted octanol–water partition coefficient (Wildman–Crippen LogP) is 0.308. The van der Waals surface area contributed by atoms with Gasteiger partial charge in [0.1, 0.15) is 11.6 Å². The highest BCUT2D eigenvalue weighted by molar-refractivity contribution is 5.52. The minimum absolute atomic E-state index is 0.250. The Morgan fingerprint density at radius 3 is 2.94 bits per heavy atom. The SMILES string of the molecule is CNc1cc(N2CCC(C)C(O)C2)nc(N)n1. The summed E-state index contributed by atoms with van der Waals surface area (Å²) in [7, 11) is 1.79. The zero-order valence-electron chi connectivity index (χ0n) is 10.2. The molecule has 0 saturated carbocycles. The van der Waals surface area contributed by atoms with Crippen LogP contribution in [-0.4, -0.2) is 41.3 Å². The van der Waals surface area contributed by atoms with Crippen LogP contribution in [0.3, 0.4) is 0 Å². The molecule has 0 amide bonds. The van der Waals surface area contributed by atoms with Crippen molar-refractivity contribution in [2.45, 2.75) is 19.4 Å². The average Bonchev–Trinajstić information content (AvgIpc) is 2.32. The summed E-state index contributed by atoms with van der Waals surface area (Å²) in [5.41, 5.74) is 5.65. The molecule has 1 aliphatic rings. The van der Waals surface area contributed by atoms with Gasteiger partial charge >= 0.3 is 0 Å². The van der Waals surface area contributed by atoms with Crippen LogP contribution in [0.25, 0.3) is 0 Å². The lowest BCUT2D eigenvalue weighted by Crippen LogP contribution is -2.43. The van der Waals surface area contributed by atoms with E-state index in [1.54, 1.807) is 7.05 Å². The van der Waals surface area contributed by atoms with E-state index in [1.165, 1.54) is 0 Å². The molecule has 0 bridgehead atoms. The number of aromatic nitrogens is 2. The quantitative estimate of drug-likeness (QED) is 0.686. The van der Waals surface area contributed by atoms with E-state index in [0.29, 0.717) is 18.3 Å². The molecule has 0 aliphatic carbocycles. The van der Waals surface area contributed by atoms with E-state index in [-0.39, 0.29) is 12.1 Å². The second-order valence-electron chi connectivity index (χ2n) is 4.50. The minimum Gasteiger partial charge on any atom is -0.391 e. The van der Waals surface area contributed by atoms with Crippen LogP contribution in [0.4, 0.5) is 17.6 Å². The van der Waals surface area contributed by atoms with Gasteiger partial charge in [0.15, 0.2) is 0 Å². The van der Waals surface area contributed by atoms with E-state index in [0.717, 1.165) is 18.8 Å². The molecule has 94 valence electrons. The maximum Gasteiger partial charge on any atom is 0.223 e. The third-order valence-electron chi connectivity index (χ3n) is 3.23. The number of nitrogens with two attached hydrogens (primary N) is 1. The van der Waals surface area contributed by atoms with Crippen LogP contribution in [0.15, 0.2) is 6.07 Å². The summed E-state index contributed by atoms with van der Waals surface area (Å²) in [6.45, 7) is 3.55. The van der Waals surface area contributed by atoms with Crippen molar-refractivity contribution in [2.24, 2.45) is 5.92 Å². The summed E-state index contributed by atoms with van der Waals surface area (Å²) < 4.78 is 0. The highest BCUT2D eigenvalue weighted by Gasteiger charge is 2.25. The molecule has 0 radical (unpaired) electrons. The Hall–Kier alpha value is -1.56. The Morgan fingerprint density at radius 1 is 1.53 bits per heavy atom. The van der Waals surface area contributed by atoms with E-state index in [1.807, 2.05) is 11.0 Å². The largest absolute Gasteiger partial charge is 0.391 e. The molecular weight excluding hydrogens is 218 g/mol. The Labute approximate surface area is 101 Å². The van der Waals surface area contributed by atoms with Gasteiger partial charge in [-0.15, -0.1) is 0 Å². The van der Waals surface area contributed by atoms with Crippen LogP contribution in [0.5, 0.6) is 0 Å². The van der Waals surface area contributed by atoms with Gasteiger partial charge in [-0.3, -0.25) is 0 Å². The first kappa shape index (κ1) is 11.9. The van der Waals surface area contributed by atoms with E-state index in [9.17, 15) is 5.11 Å². The number of aliphatic hydroxyl groups excluding tert-OH is 1. The average molecular weight is 237 g/mol. The minimum atomic E-state index is -0.307. The number of rotatable bonds is 2. The molecule has 4 N–H and O–H groups in total. The van der Waals surface area contributed by atoms with Gasteiger partial charge in [0.05, 0.1) is 6.10 Å². The zero-order valence-corrected chi connectivity index (χ0v) is 10.2. The lowest BCUT2D eigenvalue weighted by molar-refractivity contribution is 0.102. The molecule has 6 nitrogen and oxygen atoms in total. The number of hydrogen-bond donors (Lipinski definition) is 3. The second-order valence-corrected chi connectivity index (χ2v) is 4.50. The predicted molar refractivity (Wildman–Crippen MR) is 68.0 cm³/mol. The zero-order chi connectivity index (χ0) is 12.4. The highest BCUT2D eigenvalue weighted by atomic mass is 16.3. The van der Waals surface area contributed by atoms with Gasteiger partial charge in [0.2, 0.25) is 5.95 Å². The Morgan fingerprint density at radius 2 is 2.29 bits per heavy atom. The number of hydrogen-bond acceptors (Lipinski definition) is 6. The maximum absolute atomic E-state index is 9.87. The molecule has 17 heavy (non-hydrogen) atoms. The van der Waals surface area contributed by atoms with Gasteiger partial charge in [-0.25, -0.2) is 0 Å². The fraction of sp³-hybridized carbons (Fsp3) is 0.636. The molecule has 6 heteroatoms. The lowest BCUT2D eigenvalue weighted by atomic mass is 9.96. The number of nitrogens with one attached hydrogen (secondary N) is 1. The number of piperidine rings is 1. The number of anilines is 3. The molecule has 1 aliphatic heterocycles. The number of nitrogen functional groups attached to an aromatic ring is 1. The Balaban J connectivity index is 2.19. The molecule has 2 heterocycles. The van der Waals surface area contributed by atoms with Crippen LogP contribution >= 0.6 is 0 Å². The van der Waals surface area contributed by atoms with Gasteiger partial charge < -0.3 is 21.1 Å². The molecule has 0 aromatic carbocycles. The molecule has 2 rings (SSSR count). The fourth-order valence-corrected chi connectivity index (χ4v) is 2.00. The number of aliphatic hydroxyl groups is 1. The first-order chi connectivity index (χ1) is 8.10. The van der Waals surface area contributed by atoms with Crippen molar-refractivity contribution in [3.63, 3.8) is 0 Å². The smallest absolute Gasteiger partial charge is 0.223 e. The van der Waals surface area contributed by atoms with Gasteiger partial charge in [0.25, 0.3) is 0 Å². The summed E-state index contributed by atoms with van der Waals surface area (Å²) in [5.74, 6) is 2.06. The third kappa shape index (κ3) is 2.58. The van der Waals surface area contributed by atoms with Crippen molar-refractivity contribution < 1.29 is 5.11 Å². The Bertz CT molecular complexity index is 397. The molecular formula is C11H19N5O.